The topological polar surface area (TPSA) is 76.0 Å². The average Bonchev–Trinajstić information content (AvgIpc) is 2.05. The van der Waals surface area contributed by atoms with E-state index >= 15 is 0 Å². The summed E-state index contributed by atoms with van der Waals surface area (Å²) in [4.78, 5) is 10.8. The highest BCUT2D eigenvalue weighted by molar-refractivity contribution is 5.75. The first-order chi connectivity index (χ1) is 5.92. The molecular formula is C8H14O5. The number of aliphatic hydroxyl groups is 1. The van der Waals surface area contributed by atoms with Gasteiger partial charge in [0.2, 0.25) is 0 Å². The summed E-state index contributed by atoms with van der Waals surface area (Å²) in [6.07, 6.45) is 0. The summed E-state index contributed by atoms with van der Waals surface area (Å²) >= 11 is 0. The molecule has 1 fully saturated rings. The molecule has 0 amide bonds. The van der Waals surface area contributed by atoms with E-state index in [-0.39, 0.29) is 13.2 Å². The van der Waals surface area contributed by atoms with Crippen molar-refractivity contribution in [2.24, 2.45) is 5.41 Å². The second-order valence-corrected chi connectivity index (χ2v) is 3.72. The molecule has 0 unspecified atom stereocenters. The fraction of sp³-hybridized carbons (Fsp3) is 0.875. The van der Waals surface area contributed by atoms with Crippen molar-refractivity contribution in [3.8, 4) is 0 Å². The van der Waals surface area contributed by atoms with Gasteiger partial charge < -0.3 is 19.7 Å². The smallest absolute Gasteiger partial charge is 0.316 e. The molecule has 1 aliphatic heterocycles. The van der Waals surface area contributed by atoms with Crippen LogP contribution in [0.15, 0.2) is 0 Å². The summed E-state index contributed by atoms with van der Waals surface area (Å²) in [5.41, 5.74) is -1.30. The maximum atomic E-state index is 10.8. The minimum absolute atomic E-state index is 0.0220. The Morgan fingerprint density at radius 2 is 1.85 bits per heavy atom. The molecule has 1 heterocycles. The maximum Gasteiger partial charge on any atom is 0.316 e. The van der Waals surface area contributed by atoms with Crippen LogP contribution in [0.2, 0.25) is 0 Å². The van der Waals surface area contributed by atoms with Crippen molar-refractivity contribution >= 4 is 5.97 Å². The zero-order valence-electron chi connectivity index (χ0n) is 7.74. The van der Waals surface area contributed by atoms with Crippen LogP contribution in [0.5, 0.6) is 0 Å². The molecule has 0 aromatic heterocycles. The first-order valence-electron chi connectivity index (χ1n) is 4.04. The van der Waals surface area contributed by atoms with Gasteiger partial charge in [0.05, 0.1) is 19.8 Å². The molecule has 76 valence electrons. The van der Waals surface area contributed by atoms with Gasteiger partial charge in [-0.25, -0.2) is 0 Å². The van der Waals surface area contributed by atoms with E-state index < -0.39 is 23.8 Å². The predicted molar refractivity (Wildman–Crippen MR) is 43.1 cm³/mol. The number of aliphatic hydroxyl groups excluding tert-OH is 1. The zero-order chi connectivity index (χ0) is 10.1. The number of rotatable bonds is 2. The lowest BCUT2D eigenvalue weighted by molar-refractivity contribution is -0.287. The molecule has 5 nitrogen and oxygen atoms in total. The van der Waals surface area contributed by atoms with Gasteiger partial charge in [-0.3, -0.25) is 4.79 Å². The van der Waals surface area contributed by atoms with Crippen molar-refractivity contribution in [2.45, 2.75) is 19.6 Å². The average molecular weight is 190 g/mol. The molecule has 0 aromatic carbocycles. The minimum Gasteiger partial charge on any atom is -0.481 e. The molecule has 0 aromatic rings. The van der Waals surface area contributed by atoms with Crippen LogP contribution in [0, 0.1) is 5.41 Å². The van der Waals surface area contributed by atoms with Gasteiger partial charge in [0.15, 0.2) is 5.79 Å². The van der Waals surface area contributed by atoms with E-state index in [0.29, 0.717) is 0 Å². The van der Waals surface area contributed by atoms with E-state index in [9.17, 15) is 4.79 Å². The van der Waals surface area contributed by atoms with Crippen molar-refractivity contribution in [1.82, 2.24) is 0 Å². The largest absolute Gasteiger partial charge is 0.481 e. The lowest BCUT2D eigenvalue weighted by Gasteiger charge is -2.39. The van der Waals surface area contributed by atoms with Crippen LogP contribution >= 0.6 is 0 Å². The van der Waals surface area contributed by atoms with E-state index in [4.69, 9.17) is 19.7 Å². The monoisotopic (exact) mass is 190 g/mol. The van der Waals surface area contributed by atoms with Crippen molar-refractivity contribution < 1.29 is 24.5 Å². The van der Waals surface area contributed by atoms with Crippen LogP contribution in [0.3, 0.4) is 0 Å². The number of hydrogen-bond donors (Lipinski definition) is 2. The molecule has 0 spiro atoms. The number of aliphatic carboxylic acids is 1. The normalized spacial score (nSPS) is 25.5. The highest BCUT2D eigenvalue weighted by Gasteiger charge is 2.45. The summed E-state index contributed by atoms with van der Waals surface area (Å²) in [7, 11) is 0. The summed E-state index contributed by atoms with van der Waals surface area (Å²) in [5.74, 6) is -1.85. The second kappa shape index (κ2) is 3.25. The molecule has 2 N–H and O–H groups in total. The quantitative estimate of drug-likeness (QED) is 0.632. The molecule has 0 saturated carbocycles. The van der Waals surface area contributed by atoms with E-state index in [1.54, 1.807) is 13.8 Å². The van der Waals surface area contributed by atoms with Crippen molar-refractivity contribution in [1.29, 1.82) is 0 Å². The molecule has 13 heavy (non-hydrogen) atoms. The van der Waals surface area contributed by atoms with E-state index in [2.05, 4.69) is 0 Å². The van der Waals surface area contributed by atoms with Gasteiger partial charge in [0.1, 0.15) is 5.41 Å². The Hall–Kier alpha value is -0.650. The summed E-state index contributed by atoms with van der Waals surface area (Å²) < 4.78 is 10.3. The Morgan fingerprint density at radius 3 is 2.15 bits per heavy atom. The lowest BCUT2D eigenvalue weighted by Crippen LogP contribution is -2.52. The highest BCUT2D eigenvalue weighted by Crippen LogP contribution is 2.29. The lowest BCUT2D eigenvalue weighted by atomic mass is 9.90. The maximum absolute atomic E-state index is 10.8. The van der Waals surface area contributed by atoms with Crippen LogP contribution in [-0.2, 0) is 14.3 Å². The van der Waals surface area contributed by atoms with Crippen LogP contribution < -0.4 is 0 Å². The van der Waals surface area contributed by atoms with Gasteiger partial charge in [0, 0.05) is 0 Å². The summed E-state index contributed by atoms with van der Waals surface area (Å²) in [5, 5.41) is 17.8. The standard InChI is InChI=1S/C8H14O5/c1-7(2)12-4-8(3-9,5-13-7)6(10)11/h9H,3-5H2,1-2H3,(H,10,11). The van der Waals surface area contributed by atoms with Gasteiger partial charge in [-0.15, -0.1) is 0 Å². The van der Waals surface area contributed by atoms with Crippen LogP contribution in [0.4, 0.5) is 0 Å². The van der Waals surface area contributed by atoms with E-state index in [1.807, 2.05) is 0 Å². The third-order valence-electron chi connectivity index (χ3n) is 2.15. The number of carboxylic acid groups (broad SMARTS) is 1. The van der Waals surface area contributed by atoms with Gasteiger partial charge in [0.25, 0.3) is 0 Å². The van der Waals surface area contributed by atoms with E-state index in [0.717, 1.165) is 0 Å². The van der Waals surface area contributed by atoms with E-state index in [1.165, 1.54) is 0 Å². The van der Waals surface area contributed by atoms with Crippen molar-refractivity contribution in [3.05, 3.63) is 0 Å². The molecule has 1 rings (SSSR count). The SMILES string of the molecule is CC1(C)OCC(CO)(C(=O)O)CO1. The fourth-order valence-corrected chi connectivity index (χ4v) is 0.990. The molecule has 5 heteroatoms. The molecule has 0 atom stereocenters. The van der Waals surface area contributed by atoms with Crippen LogP contribution in [0.1, 0.15) is 13.8 Å². The van der Waals surface area contributed by atoms with Gasteiger partial charge >= 0.3 is 5.97 Å². The van der Waals surface area contributed by atoms with Crippen LogP contribution in [-0.4, -0.2) is 41.8 Å². The first-order valence-corrected chi connectivity index (χ1v) is 4.04. The Labute approximate surface area is 76.3 Å². The van der Waals surface area contributed by atoms with Gasteiger partial charge in [-0.2, -0.15) is 0 Å². The molecule has 0 bridgehead atoms. The third-order valence-corrected chi connectivity index (χ3v) is 2.15. The zero-order valence-corrected chi connectivity index (χ0v) is 7.74. The number of ether oxygens (including phenoxy) is 2. The van der Waals surface area contributed by atoms with Gasteiger partial charge in [-0.1, -0.05) is 0 Å². The summed E-state index contributed by atoms with van der Waals surface area (Å²) in [6, 6.07) is 0. The van der Waals surface area contributed by atoms with Crippen molar-refractivity contribution in [2.75, 3.05) is 19.8 Å². The first kappa shape index (κ1) is 10.4. The molecular weight excluding hydrogens is 176 g/mol. The highest BCUT2D eigenvalue weighted by atomic mass is 16.7. The Balaban J connectivity index is 2.69. The third kappa shape index (κ3) is 1.99. The predicted octanol–water partition coefficient (Wildman–Crippen LogP) is -0.167. The number of carbonyl (C=O) groups is 1. The Bertz CT molecular complexity index is 201. The Kier molecular flexibility index (Phi) is 2.61. The second-order valence-electron chi connectivity index (χ2n) is 3.72. The summed E-state index contributed by atoms with van der Waals surface area (Å²) in [6.45, 7) is 2.89. The minimum atomic E-state index is -1.30. The molecule has 1 aliphatic rings. The van der Waals surface area contributed by atoms with Gasteiger partial charge in [-0.05, 0) is 13.8 Å². The number of hydrogen-bond acceptors (Lipinski definition) is 4. The fourth-order valence-electron chi connectivity index (χ4n) is 0.990. The van der Waals surface area contributed by atoms with Crippen molar-refractivity contribution in [3.63, 3.8) is 0 Å². The number of carboxylic acids is 1. The molecule has 0 aliphatic carbocycles. The van der Waals surface area contributed by atoms with Crippen LogP contribution in [0.25, 0.3) is 0 Å². The molecule has 1 saturated heterocycles. The Morgan fingerprint density at radius 1 is 1.38 bits per heavy atom. The molecule has 0 radical (unpaired) electrons.